The van der Waals surface area contributed by atoms with E-state index >= 15 is 4.39 Å². The number of rotatable bonds is 11. The molecule has 1 aromatic carbocycles. The zero-order valence-electron chi connectivity index (χ0n) is 22.3. The number of primary amides is 1. The monoisotopic (exact) mass is 675 g/mol. The van der Waals surface area contributed by atoms with Gasteiger partial charge in [-0.25, -0.2) is 33.0 Å². The van der Waals surface area contributed by atoms with Crippen molar-refractivity contribution in [3.8, 4) is 0 Å². The van der Waals surface area contributed by atoms with E-state index in [1.54, 1.807) is 12.1 Å². The van der Waals surface area contributed by atoms with Crippen molar-refractivity contribution in [3.63, 3.8) is 0 Å². The smallest absolute Gasteiger partial charge is 0.382 e. The predicted octanol–water partition coefficient (Wildman–Crippen LogP) is 1.77. The van der Waals surface area contributed by atoms with E-state index in [4.69, 9.17) is 34.5 Å². The maximum atomic E-state index is 15.8. The number of hydrogen-bond acceptors (Lipinski definition) is 13. The molecule has 6 rings (SSSR count). The number of nitrogen functional groups attached to an aromatic ring is 1. The Hall–Kier alpha value is -2.93. The van der Waals surface area contributed by atoms with E-state index in [0.29, 0.717) is 5.52 Å². The Morgan fingerprint density at radius 1 is 1.20 bits per heavy atom. The van der Waals surface area contributed by atoms with Crippen LogP contribution in [0.1, 0.15) is 29.2 Å². The lowest BCUT2D eigenvalue weighted by Crippen LogP contribution is -2.32. The van der Waals surface area contributed by atoms with Crippen molar-refractivity contribution in [2.24, 2.45) is 5.73 Å². The zero-order valence-corrected chi connectivity index (χ0v) is 25.1. The van der Waals surface area contributed by atoms with Crippen molar-refractivity contribution in [2.45, 2.75) is 49.5 Å². The van der Waals surface area contributed by atoms with Gasteiger partial charge >= 0.3 is 6.80 Å². The third kappa shape index (κ3) is 6.14. The normalized spacial score (nSPS) is 28.9. The van der Waals surface area contributed by atoms with Crippen molar-refractivity contribution in [2.75, 3.05) is 18.9 Å². The van der Waals surface area contributed by atoms with Crippen LogP contribution in [-0.2, 0) is 27.6 Å². The number of imidazole rings is 1. The summed E-state index contributed by atoms with van der Waals surface area (Å²) >= 11 is 3.48. The molecule has 4 aromatic rings. The molecule has 3 aromatic heterocycles. The molecule has 1 amide bonds. The van der Waals surface area contributed by atoms with E-state index in [1.165, 1.54) is 28.0 Å². The van der Waals surface area contributed by atoms with Crippen LogP contribution in [-0.4, -0.2) is 89.2 Å². The molecule has 2 unspecified atom stereocenters. The minimum absolute atomic E-state index is 0.0464. The average Bonchev–Trinajstić information content (AvgIpc) is 3.74. The Kier molecular flexibility index (Phi) is 8.80. The maximum absolute atomic E-state index is 15.8. The van der Waals surface area contributed by atoms with E-state index in [1.807, 2.05) is 0 Å². The van der Waals surface area contributed by atoms with Gasteiger partial charge < -0.3 is 34.9 Å². The number of aromatic nitrogens is 7. The predicted molar refractivity (Wildman–Crippen MR) is 152 cm³/mol. The standard InChI is InChI=1S/C22H25F2N9O8P2S/c23-11-4-9(39-21(11)33-12-3-1-2-10(19(26)34)15(12)30-31-33)5-37-42-41-17-13(6-38-43(35,36)44)40-22(14(17)24)32-8-29-16-18(25)27-7-28-20(16)32/h1-3,7-9,11,13-14,17,21-22,42H,4-6H2,(H2,26,34)(H2,25,27,28)(H2,35,36,44)/t9-,11+,13+,14+,17+,21+,22+/m0/s1. The second-order valence-electron chi connectivity index (χ2n) is 9.83. The van der Waals surface area contributed by atoms with Crippen LogP contribution in [0.2, 0.25) is 0 Å². The number of anilines is 1. The molecule has 22 heteroatoms. The summed E-state index contributed by atoms with van der Waals surface area (Å²) in [5.74, 6) is -0.615. The second kappa shape index (κ2) is 12.5. The number of benzene rings is 1. The van der Waals surface area contributed by atoms with E-state index in [9.17, 15) is 18.6 Å². The fourth-order valence-electron chi connectivity index (χ4n) is 5.01. The van der Waals surface area contributed by atoms with Crippen LogP contribution in [0.3, 0.4) is 0 Å². The van der Waals surface area contributed by atoms with Crippen molar-refractivity contribution in [1.82, 2.24) is 34.5 Å². The molecule has 236 valence electrons. The van der Waals surface area contributed by atoms with Crippen LogP contribution in [0.15, 0.2) is 30.9 Å². The lowest BCUT2D eigenvalue weighted by molar-refractivity contribution is -0.0431. The van der Waals surface area contributed by atoms with Gasteiger partial charge in [0.05, 0.1) is 36.7 Å². The Morgan fingerprint density at radius 3 is 2.80 bits per heavy atom. The van der Waals surface area contributed by atoms with E-state index in [0.717, 1.165) is 0 Å². The van der Waals surface area contributed by atoms with E-state index in [-0.39, 0.29) is 41.1 Å². The summed E-state index contributed by atoms with van der Waals surface area (Å²) in [5, 5.41) is 7.91. The van der Waals surface area contributed by atoms with Gasteiger partial charge in [0.2, 0.25) is 0 Å². The lowest BCUT2D eigenvalue weighted by Gasteiger charge is -2.20. The van der Waals surface area contributed by atoms with Crippen molar-refractivity contribution < 1.29 is 46.1 Å². The summed E-state index contributed by atoms with van der Waals surface area (Å²) in [7, 11) is -0.759. The first-order valence-electron chi connectivity index (χ1n) is 12.9. The molecule has 9 atom stereocenters. The van der Waals surface area contributed by atoms with Crippen molar-refractivity contribution in [1.29, 1.82) is 0 Å². The first kappa shape index (κ1) is 31.1. The number of ether oxygens (including phenoxy) is 2. The number of alkyl halides is 2. The van der Waals surface area contributed by atoms with Crippen LogP contribution in [0, 0.1) is 0 Å². The van der Waals surface area contributed by atoms with Gasteiger partial charge in [0, 0.05) is 6.42 Å². The van der Waals surface area contributed by atoms with Gasteiger partial charge in [-0.1, -0.05) is 23.5 Å². The maximum Gasteiger partial charge on any atom is 0.383 e. The molecule has 2 saturated heterocycles. The lowest BCUT2D eigenvalue weighted by atomic mass is 10.1. The van der Waals surface area contributed by atoms with Crippen LogP contribution >= 0.6 is 28.1 Å². The van der Waals surface area contributed by atoms with Gasteiger partial charge in [0.15, 0.2) is 39.1 Å². The molecular weight excluding hydrogens is 650 g/mol. The minimum Gasteiger partial charge on any atom is -0.382 e. The number of carbonyl (C=O) groups is 1. The summed E-state index contributed by atoms with van der Waals surface area (Å²) in [6, 6.07) is 4.67. The minimum atomic E-state index is -4.23. The van der Waals surface area contributed by atoms with Crippen LogP contribution < -0.4 is 11.5 Å². The second-order valence-corrected chi connectivity index (χ2v) is 13.3. The van der Waals surface area contributed by atoms with Crippen LogP contribution in [0.5, 0.6) is 0 Å². The van der Waals surface area contributed by atoms with Gasteiger partial charge in [-0.3, -0.25) is 13.9 Å². The highest BCUT2D eigenvalue weighted by atomic mass is 32.7. The number of hydrogen-bond donors (Lipinski definition) is 4. The summed E-state index contributed by atoms with van der Waals surface area (Å²) in [6.45, 7) is -4.88. The molecule has 0 saturated carbocycles. The molecule has 2 fully saturated rings. The zero-order chi connectivity index (χ0) is 31.2. The molecule has 5 N–H and O–H groups in total. The first-order valence-corrected chi connectivity index (χ1v) is 16.4. The molecule has 17 nitrogen and oxygen atoms in total. The first-order chi connectivity index (χ1) is 21.0. The summed E-state index contributed by atoms with van der Waals surface area (Å²) in [4.78, 5) is 33.2. The molecule has 2 aliphatic rings. The molecule has 0 aliphatic carbocycles. The fourth-order valence-corrected chi connectivity index (χ4v) is 6.27. The largest absolute Gasteiger partial charge is 0.383 e. The number of nitrogens with two attached hydrogens (primary N) is 2. The number of thiol groups is 1. The van der Waals surface area contributed by atoms with Gasteiger partial charge in [-0.05, 0) is 12.1 Å². The summed E-state index contributed by atoms with van der Waals surface area (Å²) in [6.07, 6.45) is -6.55. The molecule has 0 radical (unpaired) electrons. The Labute approximate surface area is 253 Å². The summed E-state index contributed by atoms with van der Waals surface area (Å²) in [5.41, 5.74) is 12.4. The fraction of sp³-hybridized carbons (Fsp3) is 0.455. The summed E-state index contributed by atoms with van der Waals surface area (Å²) < 4.78 is 72.6. The highest BCUT2D eigenvalue weighted by Crippen LogP contribution is 2.48. The molecule has 0 spiro atoms. The van der Waals surface area contributed by atoms with Gasteiger partial charge in [-0.15, -0.1) is 5.10 Å². The van der Waals surface area contributed by atoms with Gasteiger partial charge in [0.1, 0.15) is 35.7 Å². The molecular formula is C22H25F2N9O8P2S. The third-order valence-electron chi connectivity index (χ3n) is 6.99. The van der Waals surface area contributed by atoms with E-state index in [2.05, 4.69) is 37.5 Å². The average molecular weight is 676 g/mol. The molecule has 0 bridgehead atoms. The van der Waals surface area contributed by atoms with E-state index < -0.39 is 71.5 Å². The number of nitrogens with zero attached hydrogens (tertiary/aromatic N) is 7. The Bertz CT molecular complexity index is 1730. The van der Waals surface area contributed by atoms with Crippen LogP contribution in [0.25, 0.3) is 22.2 Å². The molecule has 5 heterocycles. The highest BCUT2D eigenvalue weighted by Gasteiger charge is 2.48. The SMILES string of the molecule is NC(=O)c1cccc2c1nnn2[C@@H]1O[C@H](COPO[C@H]2[C@@H](F)[C@H](n3cnc4c(N)ncnc43)O[C@@H]2COP(=O)(O)S)C[C@H]1F. The quantitative estimate of drug-likeness (QED) is 0.101. The van der Waals surface area contributed by atoms with Gasteiger partial charge in [0.25, 0.3) is 5.91 Å². The van der Waals surface area contributed by atoms with Crippen molar-refractivity contribution >= 4 is 62.0 Å². The number of halogens is 2. The third-order valence-corrected chi connectivity index (χ3v) is 8.47. The number of fused-ring (bicyclic) bond motifs is 2. The Morgan fingerprint density at radius 2 is 2.02 bits per heavy atom. The number of amides is 1. The van der Waals surface area contributed by atoms with Crippen molar-refractivity contribution in [3.05, 3.63) is 36.4 Å². The van der Waals surface area contributed by atoms with Crippen LogP contribution in [0.4, 0.5) is 14.6 Å². The molecule has 44 heavy (non-hydrogen) atoms. The topological polar surface area (TPSA) is 227 Å². The highest BCUT2D eigenvalue weighted by molar-refractivity contribution is 8.44. The number of carbonyl (C=O) groups excluding carboxylic acids is 1. The Balaban J connectivity index is 1.09. The van der Waals surface area contributed by atoms with Gasteiger partial charge in [-0.2, -0.15) is 0 Å². The molecule has 2 aliphatic heterocycles.